The van der Waals surface area contributed by atoms with Crippen LogP contribution in [0.3, 0.4) is 0 Å². The minimum absolute atomic E-state index is 0.0568. The van der Waals surface area contributed by atoms with Crippen LogP contribution in [0.1, 0.15) is 26.2 Å². The van der Waals surface area contributed by atoms with Crippen molar-refractivity contribution in [3.8, 4) is 5.75 Å². The Hall–Kier alpha value is -1.22. The molecular formula is C15H23NO2. The summed E-state index contributed by atoms with van der Waals surface area (Å²) in [7, 11) is 4.02. The predicted octanol–water partition coefficient (Wildman–Crippen LogP) is 2.68. The quantitative estimate of drug-likeness (QED) is 0.894. The molecule has 0 radical (unpaired) electrons. The lowest BCUT2D eigenvalue weighted by atomic mass is 9.86. The van der Waals surface area contributed by atoms with Gasteiger partial charge in [0.05, 0.1) is 6.10 Å². The van der Waals surface area contributed by atoms with Crippen molar-refractivity contribution in [1.82, 2.24) is 0 Å². The van der Waals surface area contributed by atoms with E-state index in [4.69, 9.17) is 4.74 Å². The number of hydrogen-bond acceptors (Lipinski definition) is 3. The zero-order valence-corrected chi connectivity index (χ0v) is 11.5. The van der Waals surface area contributed by atoms with Crippen LogP contribution in [0.15, 0.2) is 24.3 Å². The standard InChI is InChI=1S/C15H23NO2/c1-11-7-8-15(14(17)9-11)18-13-6-4-5-12(10-13)16(2)3/h4-6,10-11,14-15,17H,7-9H2,1-3H3/t11-,14+,15+/m0/s1. The van der Waals surface area contributed by atoms with Crippen LogP contribution in [-0.2, 0) is 0 Å². The third-order valence-corrected chi connectivity index (χ3v) is 3.64. The highest BCUT2D eigenvalue weighted by Gasteiger charge is 2.28. The highest BCUT2D eigenvalue weighted by molar-refractivity contribution is 5.49. The molecule has 0 heterocycles. The van der Waals surface area contributed by atoms with Crippen LogP contribution in [0, 0.1) is 5.92 Å². The molecule has 100 valence electrons. The number of benzene rings is 1. The third-order valence-electron chi connectivity index (χ3n) is 3.64. The molecule has 1 saturated carbocycles. The monoisotopic (exact) mass is 249 g/mol. The second-order valence-corrected chi connectivity index (χ2v) is 5.53. The second-order valence-electron chi connectivity index (χ2n) is 5.53. The van der Waals surface area contributed by atoms with Crippen LogP contribution < -0.4 is 9.64 Å². The Kier molecular flexibility index (Phi) is 4.12. The van der Waals surface area contributed by atoms with Crippen molar-refractivity contribution in [2.45, 2.75) is 38.4 Å². The Bertz CT molecular complexity index is 392. The summed E-state index contributed by atoms with van der Waals surface area (Å²) >= 11 is 0. The molecule has 0 aliphatic heterocycles. The van der Waals surface area contributed by atoms with Gasteiger partial charge >= 0.3 is 0 Å². The summed E-state index contributed by atoms with van der Waals surface area (Å²) in [6, 6.07) is 8.01. The van der Waals surface area contributed by atoms with Gasteiger partial charge in [-0.05, 0) is 37.3 Å². The van der Waals surface area contributed by atoms with E-state index >= 15 is 0 Å². The maximum Gasteiger partial charge on any atom is 0.124 e. The van der Waals surface area contributed by atoms with Crippen LogP contribution >= 0.6 is 0 Å². The number of hydrogen-bond donors (Lipinski definition) is 1. The number of aliphatic hydroxyl groups is 1. The van der Waals surface area contributed by atoms with Gasteiger partial charge in [-0.2, -0.15) is 0 Å². The van der Waals surface area contributed by atoms with Crippen LogP contribution in [0.2, 0.25) is 0 Å². The number of anilines is 1. The summed E-state index contributed by atoms with van der Waals surface area (Å²) in [5.41, 5.74) is 1.12. The van der Waals surface area contributed by atoms with E-state index in [1.54, 1.807) is 0 Å². The van der Waals surface area contributed by atoms with E-state index in [2.05, 4.69) is 6.92 Å². The Morgan fingerprint density at radius 3 is 2.72 bits per heavy atom. The van der Waals surface area contributed by atoms with Gasteiger partial charge in [0.2, 0.25) is 0 Å². The SMILES string of the molecule is C[C@H]1CC[C@@H](Oc2cccc(N(C)C)c2)[C@H](O)C1. The molecule has 0 saturated heterocycles. The van der Waals surface area contributed by atoms with Crippen LogP contribution in [0.4, 0.5) is 5.69 Å². The van der Waals surface area contributed by atoms with E-state index in [0.29, 0.717) is 5.92 Å². The molecule has 0 unspecified atom stereocenters. The molecule has 1 fully saturated rings. The first-order valence-electron chi connectivity index (χ1n) is 6.68. The fourth-order valence-electron chi connectivity index (χ4n) is 2.47. The van der Waals surface area contributed by atoms with E-state index < -0.39 is 0 Å². The second kappa shape index (κ2) is 5.61. The minimum atomic E-state index is -0.336. The van der Waals surface area contributed by atoms with Gasteiger partial charge in [-0.15, -0.1) is 0 Å². The highest BCUT2D eigenvalue weighted by atomic mass is 16.5. The van der Waals surface area contributed by atoms with Gasteiger partial charge in [0.1, 0.15) is 11.9 Å². The number of nitrogens with zero attached hydrogens (tertiary/aromatic N) is 1. The van der Waals surface area contributed by atoms with Gasteiger partial charge in [0.25, 0.3) is 0 Å². The summed E-state index contributed by atoms with van der Waals surface area (Å²) in [5, 5.41) is 10.0. The van der Waals surface area contributed by atoms with Crippen molar-refractivity contribution in [3.63, 3.8) is 0 Å². The zero-order valence-electron chi connectivity index (χ0n) is 11.5. The summed E-state index contributed by atoms with van der Waals surface area (Å²) in [4.78, 5) is 2.05. The zero-order chi connectivity index (χ0) is 13.1. The predicted molar refractivity (Wildman–Crippen MR) is 74.2 cm³/mol. The van der Waals surface area contributed by atoms with Crippen molar-refractivity contribution in [1.29, 1.82) is 0 Å². The lowest BCUT2D eigenvalue weighted by Crippen LogP contribution is -2.37. The normalized spacial score (nSPS) is 27.9. The Balaban J connectivity index is 2.02. The third kappa shape index (κ3) is 3.16. The van der Waals surface area contributed by atoms with Crippen LogP contribution in [0.25, 0.3) is 0 Å². The maximum atomic E-state index is 10.0. The Morgan fingerprint density at radius 1 is 1.28 bits per heavy atom. The molecule has 0 bridgehead atoms. The molecule has 18 heavy (non-hydrogen) atoms. The first-order valence-corrected chi connectivity index (χ1v) is 6.68. The number of rotatable bonds is 3. The van der Waals surface area contributed by atoms with E-state index in [1.165, 1.54) is 0 Å². The lowest BCUT2D eigenvalue weighted by molar-refractivity contribution is -0.00795. The van der Waals surface area contributed by atoms with Gasteiger partial charge in [0, 0.05) is 25.8 Å². The van der Waals surface area contributed by atoms with Gasteiger partial charge in [-0.1, -0.05) is 13.0 Å². The van der Waals surface area contributed by atoms with Crippen molar-refractivity contribution in [2.75, 3.05) is 19.0 Å². The van der Waals surface area contributed by atoms with Gasteiger partial charge in [-0.3, -0.25) is 0 Å². The highest BCUT2D eigenvalue weighted by Crippen LogP contribution is 2.28. The van der Waals surface area contributed by atoms with E-state index in [9.17, 15) is 5.11 Å². The minimum Gasteiger partial charge on any atom is -0.488 e. The van der Waals surface area contributed by atoms with Gasteiger partial charge < -0.3 is 14.7 Å². The number of aliphatic hydroxyl groups excluding tert-OH is 1. The smallest absolute Gasteiger partial charge is 0.124 e. The Morgan fingerprint density at radius 2 is 2.06 bits per heavy atom. The summed E-state index contributed by atoms with van der Waals surface area (Å²) < 4.78 is 5.93. The molecule has 1 N–H and O–H groups in total. The van der Waals surface area contributed by atoms with Crippen molar-refractivity contribution < 1.29 is 9.84 Å². The largest absolute Gasteiger partial charge is 0.488 e. The van der Waals surface area contributed by atoms with Crippen LogP contribution in [-0.4, -0.2) is 31.4 Å². The summed E-state index contributed by atoms with van der Waals surface area (Å²) in [5.74, 6) is 1.45. The van der Waals surface area contributed by atoms with Gasteiger partial charge in [-0.25, -0.2) is 0 Å². The lowest BCUT2D eigenvalue weighted by Gasteiger charge is -2.31. The first-order chi connectivity index (χ1) is 8.56. The molecule has 1 aliphatic rings. The van der Waals surface area contributed by atoms with Crippen molar-refractivity contribution in [2.24, 2.45) is 5.92 Å². The molecule has 1 aromatic rings. The van der Waals surface area contributed by atoms with E-state index in [1.807, 2.05) is 43.3 Å². The molecular weight excluding hydrogens is 226 g/mol. The molecule has 1 aliphatic carbocycles. The summed E-state index contributed by atoms with van der Waals surface area (Å²) in [6.07, 6.45) is 2.53. The average molecular weight is 249 g/mol. The number of ether oxygens (including phenoxy) is 1. The molecule has 3 atom stereocenters. The molecule has 3 heteroatoms. The molecule has 0 aromatic heterocycles. The fraction of sp³-hybridized carbons (Fsp3) is 0.600. The molecule has 1 aromatic carbocycles. The molecule has 2 rings (SSSR count). The van der Waals surface area contributed by atoms with Crippen molar-refractivity contribution in [3.05, 3.63) is 24.3 Å². The van der Waals surface area contributed by atoms with E-state index in [-0.39, 0.29) is 12.2 Å². The molecule has 3 nitrogen and oxygen atoms in total. The topological polar surface area (TPSA) is 32.7 Å². The maximum absolute atomic E-state index is 10.0. The van der Waals surface area contributed by atoms with E-state index in [0.717, 1.165) is 30.7 Å². The van der Waals surface area contributed by atoms with Crippen LogP contribution in [0.5, 0.6) is 5.75 Å². The first kappa shape index (κ1) is 13.2. The summed E-state index contributed by atoms with van der Waals surface area (Å²) in [6.45, 7) is 2.19. The van der Waals surface area contributed by atoms with Gasteiger partial charge in [0.15, 0.2) is 0 Å². The van der Waals surface area contributed by atoms with Crippen molar-refractivity contribution >= 4 is 5.69 Å². The molecule has 0 amide bonds. The average Bonchev–Trinajstić information content (AvgIpc) is 2.33. The Labute approximate surface area is 109 Å². The molecule has 0 spiro atoms. The fourth-order valence-corrected chi connectivity index (χ4v) is 2.47.